The molecule has 1 aliphatic rings. The third-order valence-corrected chi connectivity index (χ3v) is 3.89. The number of amides is 1. The van der Waals surface area contributed by atoms with Crippen molar-refractivity contribution in [1.29, 1.82) is 0 Å². The topological polar surface area (TPSA) is 46.3 Å². The average molecular weight is 348 g/mol. The Morgan fingerprint density at radius 1 is 1.32 bits per heavy atom. The van der Waals surface area contributed by atoms with Crippen LogP contribution in [-0.2, 0) is 0 Å². The lowest BCUT2D eigenvalue weighted by molar-refractivity contribution is 0.0624. The molecule has 3 nitrogen and oxygen atoms in total. The Bertz CT molecular complexity index is 457. The molecule has 1 saturated heterocycles. The SMILES string of the molecule is CC1CC(C)CN(C(=O)c2ccc(Br)cc2N)C1.Cl. The summed E-state index contributed by atoms with van der Waals surface area (Å²) in [6, 6.07) is 5.44. The highest BCUT2D eigenvalue weighted by molar-refractivity contribution is 9.10. The molecule has 1 aromatic rings. The molecule has 2 N–H and O–H groups in total. The molecular formula is C14H20BrClN2O. The first-order chi connectivity index (χ1) is 8.47. The van der Waals surface area contributed by atoms with E-state index < -0.39 is 0 Å². The molecule has 0 spiro atoms. The van der Waals surface area contributed by atoms with Gasteiger partial charge >= 0.3 is 0 Å². The molecule has 1 aromatic carbocycles. The van der Waals surface area contributed by atoms with Gasteiger partial charge in [0.2, 0.25) is 0 Å². The van der Waals surface area contributed by atoms with Crippen LogP contribution in [0.5, 0.6) is 0 Å². The van der Waals surface area contributed by atoms with Crippen molar-refractivity contribution in [1.82, 2.24) is 4.90 Å². The summed E-state index contributed by atoms with van der Waals surface area (Å²) in [5, 5.41) is 0. The number of nitrogens with zero attached hydrogens (tertiary/aromatic N) is 1. The van der Waals surface area contributed by atoms with Gasteiger partial charge in [-0.05, 0) is 36.5 Å². The summed E-state index contributed by atoms with van der Waals surface area (Å²) in [5.74, 6) is 1.18. The number of rotatable bonds is 1. The molecule has 0 aliphatic carbocycles. The zero-order valence-electron chi connectivity index (χ0n) is 11.2. The predicted octanol–water partition coefficient (Wildman–Crippen LogP) is 3.57. The normalized spacial score (nSPS) is 22.8. The Hall–Kier alpha value is -0.740. The molecule has 1 aliphatic heterocycles. The van der Waals surface area contributed by atoms with E-state index in [1.54, 1.807) is 12.1 Å². The number of nitrogen functional groups attached to an aromatic ring is 1. The molecule has 0 saturated carbocycles. The first-order valence-corrected chi connectivity index (χ1v) is 7.11. The van der Waals surface area contributed by atoms with Crippen LogP contribution >= 0.6 is 28.3 Å². The summed E-state index contributed by atoms with van der Waals surface area (Å²) in [4.78, 5) is 14.4. The number of halogens is 2. The zero-order chi connectivity index (χ0) is 13.3. The molecule has 0 aromatic heterocycles. The summed E-state index contributed by atoms with van der Waals surface area (Å²) in [6.07, 6.45) is 1.19. The van der Waals surface area contributed by atoms with E-state index >= 15 is 0 Å². The van der Waals surface area contributed by atoms with E-state index in [1.807, 2.05) is 11.0 Å². The summed E-state index contributed by atoms with van der Waals surface area (Å²) in [6.45, 7) is 6.05. The third-order valence-electron chi connectivity index (χ3n) is 3.40. The Morgan fingerprint density at radius 2 is 1.89 bits per heavy atom. The van der Waals surface area contributed by atoms with Crippen LogP contribution in [0.1, 0.15) is 30.6 Å². The maximum Gasteiger partial charge on any atom is 0.255 e. The molecule has 2 unspecified atom stereocenters. The minimum atomic E-state index is 0. The summed E-state index contributed by atoms with van der Waals surface area (Å²) >= 11 is 3.36. The second-order valence-corrected chi connectivity index (χ2v) is 6.30. The van der Waals surface area contributed by atoms with Crippen molar-refractivity contribution in [2.45, 2.75) is 20.3 Å². The van der Waals surface area contributed by atoms with Gasteiger partial charge in [-0.1, -0.05) is 29.8 Å². The van der Waals surface area contributed by atoms with E-state index in [1.165, 1.54) is 6.42 Å². The highest BCUT2D eigenvalue weighted by Crippen LogP contribution is 2.25. The van der Waals surface area contributed by atoms with Crippen molar-refractivity contribution in [2.24, 2.45) is 11.8 Å². The molecule has 1 fully saturated rings. The number of benzene rings is 1. The number of piperidine rings is 1. The van der Waals surface area contributed by atoms with E-state index in [-0.39, 0.29) is 18.3 Å². The molecule has 1 heterocycles. The second kappa shape index (κ2) is 6.62. The third kappa shape index (κ3) is 3.86. The largest absolute Gasteiger partial charge is 0.398 e. The van der Waals surface area contributed by atoms with Gasteiger partial charge in [0.15, 0.2) is 0 Å². The molecular weight excluding hydrogens is 328 g/mol. The Morgan fingerprint density at radius 3 is 2.42 bits per heavy atom. The first-order valence-electron chi connectivity index (χ1n) is 6.31. The van der Waals surface area contributed by atoms with Crippen molar-refractivity contribution in [2.75, 3.05) is 18.8 Å². The lowest BCUT2D eigenvalue weighted by Crippen LogP contribution is -2.42. The number of nitrogens with two attached hydrogens (primary N) is 1. The highest BCUT2D eigenvalue weighted by Gasteiger charge is 2.26. The monoisotopic (exact) mass is 346 g/mol. The van der Waals surface area contributed by atoms with Crippen molar-refractivity contribution in [3.8, 4) is 0 Å². The Kier molecular flexibility index (Phi) is 5.68. The molecule has 19 heavy (non-hydrogen) atoms. The molecule has 1 amide bonds. The second-order valence-electron chi connectivity index (χ2n) is 5.39. The van der Waals surface area contributed by atoms with Crippen LogP contribution in [0, 0.1) is 11.8 Å². The lowest BCUT2D eigenvalue weighted by atomic mass is 9.91. The fourth-order valence-electron chi connectivity index (χ4n) is 2.73. The maximum atomic E-state index is 12.5. The first kappa shape index (κ1) is 16.3. The van der Waals surface area contributed by atoms with Crippen LogP contribution < -0.4 is 5.73 Å². The van der Waals surface area contributed by atoms with E-state index in [4.69, 9.17) is 5.73 Å². The molecule has 2 atom stereocenters. The summed E-state index contributed by atoms with van der Waals surface area (Å²) in [5.41, 5.74) is 7.07. The van der Waals surface area contributed by atoms with Crippen LogP contribution in [0.15, 0.2) is 22.7 Å². The van der Waals surface area contributed by atoms with Crippen molar-refractivity contribution in [3.63, 3.8) is 0 Å². The van der Waals surface area contributed by atoms with Gasteiger partial charge in [-0.15, -0.1) is 12.4 Å². The number of anilines is 1. The smallest absolute Gasteiger partial charge is 0.255 e. The van der Waals surface area contributed by atoms with Crippen molar-refractivity contribution in [3.05, 3.63) is 28.2 Å². The molecule has 0 radical (unpaired) electrons. The summed E-state index contributed by atoms with van der Waals surface area (Å²) < 4.78 is 0.900. The Labute approximate surface area is 129 Å². The van der Waals surface area contributed by atoms with Gasteiger partial charge in [0.05, 0.1) is 5.56 Å². The lowest BCUT2D eigenvalue weighted by Gasteiger charge is -2.35. The maximum absolute atomic E-state index is 12.5. The fourth-order valence-corrected chi connectivity index (χ4v) is 3.11. The predicted molar refractivity (Wildman–Crippen MR) is 84.7 cm³/mol. The minimum Gasteiger partial charge on any atom is -0.398 e. The molecule has 0 bridgehead atoms. The highest BCUT2D eigenvalue weighted by atomic mass is 79.9. The number of carbonyl (C=O) groups is 1. The fraction of sp³-hybridized carbons (Fsp3) is 0.500. The van der Waals surface area contributed by atoms with Gasteiger partial charge in [0, 0.05) is 23.2 Å². The molecule has 5 heteroatoms. The van der Waals surface area contributed by atoms with Crippen LogP contribution in [0.2, 0.25) is 0 Å². The van der Waals surface area contributed by atoms with Gasteiger partial charge in [0.25, 0.3) is 5.91 Å². The van der Waals surface area contributed by atoms with Crippen LogP contribution in [0.25, 0.3) is 0 Å². The molecule has 2 rings (SSSR count). The van der Waals surface area contributed by atoms with Gasteiger partial charge < -0.3 is 10.6 Å². The van der Waals surface area contributed by atoms with Crippen molar-refractivity contribution >= 4 is 39.9 Å². The van der Waals surface area contributed by atoms with Crippen molar-refractivity contribution < 1.29 is 4.79 Å². The van der Waals surface area contributed by atoms with E-state index in [0.717, 1.165) is 17.6 Å². The van der Waals surface area contributed by atoms with Crippen LogP contribution in [0.4, 0.5) is 5.69 Å². The average Bonchev–Trinajstić information content (AvgIpc) is 2.26. The van der Waals surface area contributed by atoms with Gasteiger partial charge in [-0.3, -0.25) is 4.79 Å². The van der Waals surface area contributed by atoms with Gasteiger partial charge in [0.1, 0.15) is 0 Å². The number of hydrogen-bond acceptors (Lipinski definition) is 2. The zero-order valence-corrected chi connectivity index (χ0v) is 13.6. The van der Waals surface area contributed by atoms with Crippen LogP contribution in [0.3, 0.4) is 0 Å². The Balaban J connectivity index is 0.00000180. The molecule has 106 valence electrons. The van der Waals surface area contributed by atoms with E-state index in [0.29, 0.717) is 23.1 Å². The van der Waals surface area contributed by atoms with Gasteiger partial charge in [-0.2, -0.15) is 0 Å². The standard InChI is InChI=1S/C14H19BrN2O.ClH/c1-9-5-10(2)8-17(7-9)14(18)12-4-3-11(15)6-13(12)16;/h3-4,6,9-10H,5,7-8,16H2,1-2H3;1H. The van der Waals surface area contributed by atoms with E-state index in [9.17, 15) is 4.79 Å². The van der Waals surface area contributed by atoms with Gasteiger partial charge in [-0.25, -0.2) is 0 Å². The minimum absolute atomic E-state index is 0. The summed E-state index contributed by atoms with van der Waals surface area (Å²) in [7, 11) is 0. The van der Waals surface area contributed by atoms with E-state index in [2.05, 4.69) is 29.8 Å². The number of carbonyl (C=O) groups excluding carboxylic acids is 1. The van der Waals surface area contributed by atoms with Crippen LogP contribution in [-0.4, -0.2) is 23.9 Å². The number of likely N-dealkylation sites (tertiary alicyclic amines) is 1. The quantitative estimate of drug-likeness (QED) is 0.789. The number of hydrogen-bond donors (Lipinski definition) is 1.